The van der Waals surface area contributed by atoms with E-state index in [1.807, 2.05) is 0 Å². The lowest BCUT2D eigenvalue weighted by Crippen LogP contribution is -2.43. The molecule has 154 valence electrons. The van der Waals surface area contributed by atoms with Crippen molar-refractivity contribution in [1.29, 1.82) is 0 Å². The van der Waals surface area contributed by atoms with Gasteiger partial charge in [-0.1, -0.05) is 6.07 Å². The number of esters is 1. The highest BCUT2D eigenvalue weighted by atomic mass is 19.2. The van der Waals surface area contributed by atoms with Crippen LogP contribution in [0.2, 0.25) is 0 Å². The molecule has 1 atom stereocenters. The molecule has 0 spiro atoms. The summed E-state index contributed by atoms with van der Waals surface area (Å²) in [5, 5.41) is 3.39. The van der Waals surface area contributed by atoms with Gasteiger partial charge in [-0.05, 0) is 49.6 Å². The van der Waals surface area contributed by atoms with Crippen molar-refractivity contribution in [3.05, 3.63) is 59.6 Å². The molecule has 8 heteroatoms. The lowest BCUT2D eigenvalue weighted by atomic mass is 10.0. The summed E-state index contributed by atoms with van der Waals surface area (Å²) in [6.07, 6.45) is 8.80. The van der Waals surface area contributed by atoms with Crippen LogP contribution in [-0.2, 0) is 16.0 Å². The van der Waals surface area contributed by atoms with Gasteiger partial charge >= 0.3 is 5.97 Å². The van der Waals surface area contributed by atoms with Crippen LogP contribution in [0.25, 0.3) is 6.08 Å². The Labute approximate surface area is 168 Å². The van der Waals surface area contributed by atoms with Crippen LogP contribution in [-0.4, -0.2) is 53.6 Å². The number of nitrogens with one attached hydrogen (secondary N) is 1. The van der Waals surface area contributed by atoms with Crippen molar-refractivity contribution in [3.8, 4) is 0 Å². The first-order valence-corrected chi connectivity index (χ1v) is 9.54. The van der Waals surface area contributed by atoms with Crippen LogP contribution in [0, 0.1) is 11.6 Å². The van der Waals surface area contributed by atoms with Gasteiger partial charge in [0.05, 0.1) is 25.2 Å². The summed E-state index contributed by atoms with van der Waals surface area (Å²) in [6, 6.07) is 4.30. The number of benzene rings is 1. The van der Waals surface area contributed by atoms with Crippen LogP contribution in [0.3, 0.4) is 0 Å². The first-order valence-electron chi connectivity index (χ1n) is 9.54. The maximum absolute atomic E-state index is 13.3. The molecule has 1 aliphatic heterocycles. The minimum Gasteiger partial charge on any atom is -0.466 e. The number of anilines is 1. The highest BCUT2D eigenvalue weighted by Crippen LogP contribution is 2.16. The number of halogens is 2. The average molecular weight is 402 g/mol. The van der Waals surface area contributed by atoms with E-state index in [0.717, 1.165) is 38.0 Å². The Kier molecular flexibility index (Phi) is 7.24. The number of carbonyl (C=O) groups excluding carboxylic acids is 1. The summed E-state index contributed by atoms with van der Waals surface area (Å²) in [6.45, 7) is 2.60. The van der Waals surface area contributed by atoms with Gasteiger partial charge in [0.2, 0.25) is 0 Å². The molecule has 2 heterocycles. The second-order valence-corrected chi connectivity index (χ2v) is 6.97. The van der Waals surface area contributed by atoms with Gasteiger partial charge in [0.1, 0.15) is 5.82 Å². The van der Waals surface area contributed by atoms with Gasteiger partial charge in [-0.15, -0.1) is 0 Å². The first kappa shape index (κ1) is 20.9. The van der Waals surface area contributed by atoms with E-state index in [1.54, 1.807) is 24.5 Å². The van der Waals surface area contributed by atoms with Crippen molar-refractivity contribution in [2.75, 3.05) is 32.1 Å². The minimum absolute atomic E-state index is 0.236. The van der Waals surface area contributed by atoms with Gasteiger partial charge in [-0.3, -0.25) is 4.98 Å². The second-order valence-electron chi connectivity index (χ2n) is 6.97. The monoisotopic (exact) mass is 402 g/mol. The van der Waals surface area contributed by atoms with Crippen molar-refractivity contribution in [3.63, 3.8) is 0 Å². The third kappa shape index (κ3) is 6.32. The van der Waals surface area contributed by atoms with E-state index in [4.69, 9.17) is 0 Å². The molecule has 2 aromatic rings. The molecular formula is C21H24F2N4O2. The van der Waals surface area contributed by atoms with E-state index in [1.165, 1.54) is 25.3 Å². The fourth-order valence-electron chi connectivity index (χ4n) is 3.29. The number of piperidine rings is 1. The van der Waals surface area contributed by atoms with Gasteiger partial charge in [0.15, 0.2) is 11.6 Å². The number of ether oxygens (including phenoxy) is 1. The zero-order valence-corrected chi connectivity index (χ0v) is 16.3. The Balaban J connectivity index is 1.49. The van der Waals surface area contributed by atoms with E-state index in [0.29, 0.717) is 17.9 Å². The van der Waals surface area contributed by atoms with Gasteiger partial charge in [-0.2, -0.15) is 0 Å². The SMILES string of the molecule is COC(=O)/C=C/c1cnc(N[C@@H]2CCCN(CCc3ccc(F)c(F)c3)C2)cn1. The van der Waals surface area contributed by atoms with Crippen molar-refractivity contribution in [1.82, 2.24) is 14.9 Å². The predicted octanol–water partition coefficient (Wildman–Crippen LogP) is 3.06. The fourth-order valence-corrected chi connectivity index (χ4v) is 3.29. The third-order valence-corrected chi connectivity index (χ3v) is 4.82. The standard InChI is InChI=1S/C21H24F2N4O2/c1-29-21(28)7-5-16-12-25-20(13-24-16)26-17-3-2-9-27(14-17)10-8-15-4-6-18(22)19(23)11-15/h4-7,11-13,17H,2-3,8-10,14H2,1H3,(H,25,26)/b7-5+/t17-/m1/s1. The molecule has 0 radical (unpaired) electrons. The van der Waals surface area contributed by atoms with Crippen LogP contribution >= 0.6 is 0 Å². The fraction of sp³-hybridized carbons (Fsp3) is 0.381. The van der Waals surface area contributed by atoms with E-state index in [2.05, 4.69) is 24.9 Å². The maximum atomic E-state index is 13.3. The summed E-state index contributed by atoms with van der Waals surface area (Å²) >= 11 is 0. The molecule has 29 heavy (non-hydrogen) atoms. The van der Waals surface area contributed by atoms with Crippen LogP contribution in [0.5, 0.6) is 0 Å². The molecule has 0 aliphatic carbocycles. The Morgan fingerprint density at radius 1 is 1.31 bits per heavy atom. The van der Waals surface area contributed by atoms with Gasteiger partial charge < -0.3 is 15.0 Å². The Bertz CT molecular complexity index is 858. The van der Waals surface area contributed by atoms with Crippen molar-refractivity contribution in [2.45, 2.75) is 25.3 Å². The summed E-state index contributed by atoms with van der Waals surface area (Å²) in [4.78, 5) is 22.0. The van der Waals surface area contributed by atoms with Crippen molar-refractivity contribution < 1.29 is 18.3 Å². The second kappa shape index (κ2) is 10.1. The summed E-state index contributed by atoms with van der Waals surface area (Å²) in [5.74, 6) is -1.39. The molecule has 0 saturated carbocycles. The number of rotatable bonds is 7. The maximum Gasteiger partial charge on any atom is 0.330 e. The topological polar surface area (TPSA) is 67.3 Å². The normalized spacial score (nSPS) is 17.4. The van der Waals surface area contributed by atoms with E-state index in [9.17, 15) is 13.6 Å². The van der Waals surface area contributed by atoms with E-state index >= 15 is 0 Å². The molecule has 0 amide bonds. The van der Waals surface area contributed by atoms with Crippen LogP contribution in [0.1, 0.15) is 24.1 Å². The van der Waals surface area contributed by atoms with E-state index < -0.39 is 17.6 Å². The van der Waals surface area contributed by atoms with Gasteiger partial charge in [0.25, 0.3) is 0 Å². The molecule has 1 N–H and O–H groups in total. The number of hydrogen-bond acceptors (Lipinski definition) is 6. The first-order chi connectivity index (χ1) is 14.0. The molecule has 1 aromatic carbocycles. The zero-order valence-electron chi connectivity index (χ0n) is 16.3. The number of carbonyl (C=O) groups is 1. The van der Waals surface area contributed by atoms with Crippen molar-refractivity contribution in [2.24, 2.45) is 0 Å². The summed E-state index contributed by atoms with van der Waals surface area (Å²) < 4.78 is 30.9. The molecule has 6 nitrogen and oxygen atoms in total. The largest absolute Gasteiger partial charge is 0.466 e. The molecule has 3 rings (SSSR count). The number of aromatic nitrogens is 2. The van der Waals surface area contributed by atoms with Gasteiger partial charge in [0, 0.05) is 25.2 Å². The molecule has 1 aromatic heterocycles. The van der Waals surface area contributed by atoms with Crippen LogP contribution in [0.4, 0.5) is 14.6 Å². The van der Waals surface area contributed by atoms with Crippen LogP contribution < -0.4 is 5.32 Å². The summed E-state index contributed by atoms with van der Waals surface area (Å²) in [7, 11) is 1.32. The smallest absolute Gasteiger partial charge is 0.330 e. The third-order valence-electron chi connectivity index (χ3n) is 4.82. The number of methoxy groups -OCH3 is 1. The number of nitrogens with zero attached hydrogens (tertiary/aromatic N) is 3. The molecule has 1 aliphatic rings. The quantitative estimate of drug-likeness (QED) is 0.567. The average Bonchev–Trinajstić information content (AvgIpc) is 2.74. The predicted molar refractivity (Wildman–Crippen MR) is 106 cm³/mol. The number of hydrogen-bond donors (Lipinski definition) is 1. The lowest BCUT2D eigenvalue weighted by Gasteiger charge is -2.33. The Hall–Kier alpha value is -2.87. The Morgan fingerprint density at radius 3 is 2.90 bits per heavy atom. The van der Waals surface area contributed by atoms with Gasteiger partial charge in [-0.25, -0.2) is 18.6 Å². The van der Waals surface area contributed by atoms with Crippen LogP contribution in [0.15, 0.2) is 36.7 Å². The highest BCUT2D eigenvalue weighted by molar-refractivity contribution is 5.86. The molecule has 1 saturated heterocycles. The van der Waals surface area contributed by atoms with E-state index in [-0.39, 0.29) is 6.04 Å². The zero-order chi connectivity index (χ0) is 20.6. The molecular weight excluding hydrogens is 378 g/mol. The van der Waals surface area contributed by atoms with Crippen molar-refractivity contribution >= 4 is 17.9 Å². The lowest BCUT2D eigenvalue weighted by molar-refractivity contribution is -0.134. The molecule has 0 unspecified atom stereocenters. The minimum atomic E-state index is -0.816. The summed E-state index contributed by atoms with van der Waals surface area (Å²) in [5.41, 5.74) is 1.36. The number of likely N-dealkylation sites (tertiary alicyclic amines) is 1. The molecule has 1 fully saturated rings. The Morgan fingerprint density at radius 2 is 2.17 bits per heavy atom. The highest BCUT2D eigenvalue weighted by Gasteiger charge is 2.20. The molecule has 0 bridgehead atoms.